The molecule has 0 spiro atoms. The summed E-state index contributed by atoms with van der Waals surface area (Å²) in [6, 6.07) is 0. The third-order valence-corrected chi connectivity index (χ3v) is 15.6. The van der Waals surface area contributed by atoms with E-state index in [0.717, 1.165) is 103 Å². The number of esters is 3. The molecule has 6 heteroatoms. The van der Waals surface area contributed by atoms with Crippen LogP contribution in [0, 0.1) is 0 Å². The highest BCUT2D eigenvalue weighted by Gasteiger charge is 2.19. The van der Waals surface area contributed by atoms with Crippen LogP contribution in [0.25, 0.3) is 0 Å². The quantitative estimate of drug-likeness (QED) is 0.0261. The zero-order chi connectivity index (χ0) is 59.2. The number of unbranched alkanes of at least 4 members (excludes halogenated alkanes) is 40. The van der Waals surface area contributed by atoms with Crippen molar-refractivity contribution < 1.29 is 28.6 Å². The second-order valence-electron chi connectivity index (χ2n) is 23.8. The molecule has 0 aliphatic carbocycles. The average molecular weight is 1140 g/mol. The summed E-state index contributed by atoms with van der Waals surface area (Å²) in [5, 5.41) is 0. The molecule has 1 atom stereocenters. The summed E-state index contributed by atoms with van der Waals surface area (Å²) in [4.78, 5) is 38.4. The van der Waals surface area contributed by atoms with Gasteiger partial charge < -0.3 is 14.2 Å². The van der Waals surface area contributed by atoms with Crippen LogP contribution in [-0.2, 0) is 28.6 Å². The summed E-state index contributed by atoms with van der Waals surface area (Å²) in [7, 11) is 0. The maximum Gasteiger partial charge on any atom is 0.306 e. The fourth-order valence-corrected chi connectivity index (χ4v) is 10.3. The van der Waals surface area contributed by atoms with Crippen LogP contribution in [0.3, 0.4) is 0 Å². The Morgan fingerprint density at radius 1 is 0.256 bits per heavy atom. The molecule has 0 bridgehead atoms. The monoisotopic (exact) mass is 1140 g/mol. The van der Waals surface area contributed by atoms with Gasteiger partial charge in [-0.05, 0) is 96.3 Å². The van der Waals surface area contributed by atoms with Crippen molar-refractivity contribution in [2.24, 2.45) is 0 Å². The van der Waals surface area contributed by atoms with Crippen LogP contribution >= 0.6 is 0 Å². The third-order valence-electron chi connectivity index (χ3n) is 15.6. The SMILES string of the molecule is CC/C=C\C/C=C\C/C=C\C/C=C\C/C=C\CCCCCCCCCCCCCCCCCCCC(=O)OCC(COC(=O)CCCCCCCCCCCCCCCC)OC(=O)CCCCCCCCC/C=C\C/C=C\CCCCC. The fourth-order valence-electron chi connectivity index (χ4n) is 10.3. The van der Waals surface area contributed by atoms with Crippen molar-refractivity contribution in [2.45, 2.75) is 367 Å². The average Bonchev–Trinajstić information content (AvgIpc) is 3.47. The standard InChI is InChI=1S/C76H134O6/c1-4-7-10-13-16-19-22-25-28-30-31-32-33-34-35-36-37-38-39-40-41-42-43-44-45-47-48-51-54-57-60-63-66-69-75(78)81-72-73(71-80-74(77)68-65-62-59-56-53-50-27-24-21-18-15-12-9-6-3)82-76(79)70-67-64-61-58-55-52-49-46-29-26-23-20-17-14-11-8-5-2/h7,10,16-17,19-20,25-26,28-29,31-32,34-35,73H,4-6,8-9,11-15,18,21-24,27,30,33,36-72H2,1-3H3/b10-7-,19-16-,20-17-,28-25-,29-26-,32-31-,35-34-. The van der Waals surface area contributed by atoms with Gasteiger partial charge >= 0.3 is 17.9 Å². The summed E-state index contributed by atoms with van der Waals surface area (Å²) in [6.45, 7) is 6.54. The number of ether oxygens (including phenoxy) is 3. The first-order valence-corrected chi connectivity index (χ1v) is 35.6. The van der Waals surface area contributed by atoms with Gasteiger partial charge in [-0.3, -0.25) is 14.4 Å². The van der Waals surface area contributed by atoms with Crippen molar-refractivity contribution in [2.75, 3.05) is 13.2 Å². The van der Waals surface area contributed by atoms with Gasteiger partial charge in [-0.2, -0.15) is 0 Å². The lowest BCUT2D eigenvalue weighted by Gasteiger charge is -2.18. The van der Waals surface area contributed by atoms with Crippen LogP contribution in [0.2, 0.25) is 0 Å². The Kier molecular flexibility index (Phi) is 67.2. The zero-order valence-corrected chi connectivity index (χ0v) is 54.5. The molecular formula is C76H134O6. The second kappa shape index (κ2) is 70.1. The summed E-state index contributed by atoms with van der Waals surface area (Å²) in [6.07, 6.45) is 93.3. The van der Waals surface area contributed by atoms with E-state index >= 15 is 0 Å². The number of carbonyl (C=O) groups is 3. The van der Waals surface area contributed by atoms with Gasteiger partial charge in [0.15, 0.2) is 6.10 Å². The van der Waals surface area contributed by atoms with Gasteiger partial charge in [-0.1, -0.05) is 331 Å². The van der Waals surface area contributed by atoms with E-state index in [0.29, 0.717) is 19.3 Å². The number of hydrogen-bond donors (Lipinski definition) is 0. The van der Waals surface area contributed by atoms with Crippen molar-refractivity contribution in [3.63, 3.8) is 0 Å². The predicted octanol–water partition coefficient (Wildman–Crippen LogP) is 24.6. The molecule has 474 valence electrons. The molecule has 0 saturated heterocycles. The van der Waals surface area contributed by atoms with Crippen molar-refractivity contribution in [3.8, 4) is 0 Å². The minimum Gasteiger partial charge on any atom is -0.462 e. The van der Waals surface area contributed by atoms with E-state index in [9.17, 15) is 14.4 Å². The maximum atomic E-state index is 12.9. The van der Waals surface area contributed by atoms with Crippen LogP contribution in [-0.4, -0.2) is 37.2 Å². The molecule has 0 N–H and O–H groups in total. The molecule has 6 nitrogen and oxygen atoms in total. The van der Waals surface area contributed by atoms with Gasteiger partial charge in [0.2, 0.25) is 0 Å². The molecular weight excluding hydrogens is 1010 g/mol. The predicted molar refractivity (Wildman–Crippen MR) is 358 cm³/mol. The molecule has 0 rings (SSSR count). The van der Waals surface area contributed by atoms with Crippen LogP contribution in [0.15, 0.2) is 85.1 Å². The van der Waals surface area contributed by atoms with Crippen LogP contribution in [0.1, 0.15) is 361 Å². The Hall–Kier alpha value is -3.41. The Labute approximate surface area is 509 Å². The lowest BCUT2D eigenvalue weighted by Crippen LogP contribution is -2.30. The molecule has 0 radical (unpaired) electrons. The topological polar surface area (TPSA) is 78.9 Å². The van der Waals surface area contributed by atoms with Gasteiger partial charge in [0.1, 0.15) is 13.2 Å². The van der Waals surface area contributed by atoms with Crippen molar-refractivity contribution in [1.82, 2.24) is 0 Å². The molecule has 0 aliphatic rings. The highest BCUT2D eigenvalue weighted by atomic mass is 16.6. The van der Waals surface area contributed by atoms with Gasteiger partial charge in [0, 0.05) is 19.3 Å². The zero-order valence-electron chi connectivity index (χ0n) is 54.5. The first-order valence-electron chi connectivity index (χ1n) is 35.6. The van der Waals surface area contributed by atoms with Gasteiger partial charge in [-0.15, -0.1) is 0 Å². The normalized spacial score (nSPS) is 12.6. The highest BCUT2D eigenvalue weighted by Crippen LogP contribution is 2.18. The van der Waals surface area contributed by atoms with E-state index in [-0.39, 0.29) is 31.1 Å². The highest BCUT2D eigenvalue weighted by molar-refractivity contribution is 5.71. The number of hydrogen-bond acceptors (Lipinski definition) is 6. The largest absolute Gasteiger partial charge is 0.462 e. The molecule has 0 aliphatic heterocycles. The molecule has 0 fully saturated rings. The minimum absolute atomic E-state index is 0.0737. The number of rotatable bonds is 65. The molecule has 0 amide bonds. The lowest BCUT2D eigenvalue weighted by atomic mass is 10.0. The van der Waals surface area contributed by atoms with E-state index < -0.39 is 6.10 Å². The Morgan fingerprint density at radius 3 is 0.768 bits per heavy atom. The minimum atomic E-state index is -0.778. The molecule has 0 aromatic heterocycles. The van der Waals surface area contributed by atoms with E-state index in [4.69, 9.17) is 14.2 Å². The van der Waals surface area contributed by atoms with E-state index in [1.54, 1.807) is 0 Å². The Morgan fingerprint density at radius 2 is 0.476 bits per heavy atom. The first-order chi connectivity index (χ1) is 40.5. The summed E-state index contributed by atoms with van der Waals surface area (Å²) in [5.41, 5.74) is 0. The van der Waals surface area contributed by atoms with E-state index in [2.05, 4.69) is 106 Å². The molecule has 82 heavy (non-hydrogen) atoms. The van der Waals surface area contributed by atoms with E-state index in [1.165, 1.54) is 218 Å². The maximum absolute atomic E-state index is 12.9. The van der Waals surface area contributed by atoms with Gasteiger partial charge in [0.25, 0.3) is 0 Å². The van der Waals surface area contributed by atoms with Gasteiger partial charge in [0.05, 0.1) is 0 Å². The van der Waals surface area contributed by atoms with Crippen LogP contribution in [0.5, 0.6) is 0 Å². The Balaban J connectivity index is 4.18. The van der Waals surface area contributed by atoms with Crippen LogP contribution < -0.4 is 0 Å². The molecule has 0 aromatic carbocycles. The van der Waals surface area contributed by atoms with E-state index in [1.807, 2.05) is 0 Å². The molecule has 0 heterocycles. The molecule has 0 aromatic rings. The number of allylic oxidation sites excluding steroid dienone is 14. The fraction of sp³-hybridized carbons (Fsp3) is 0.776. The number of carbonyl (C=O) groups excluding carboxylic acids is 3. The summed E-state index contributed by atoms with van der Waals surface area (Å²) in [5.74, 6) is -0.860. The smallest absolute Gasteiger partial charge is 0.306 e. The Bertz CT molecular complexity index is 1550. The van der Waals surface area contributed by atoms with Crippen LogP contribution in [0.4, 0.5) is 0 Å². The molecule has 1 unspecified atom stereocenters. The lowest BCUT2D eigenvalue weighted by molar-refractivity contribution is -0.167. The van der Waals surface area contributed by atoms with Gasteiger partial charge in [-0.25, -0.2) is 0 Å². The summed E-state index contributed by atoms with van der Waals surface area (Å²) < 4.78 is 17.0. The molecule has 0 saturated carbocycles. The first kappa shape index (κ1) is 78.6. The second-order valence-corrected chi connectivity index (χ2v) is 23.8. The third kappa shape index (κ3) is 67.4. The van der Waals surface area contributed by atoms with Crippen molar-refractivity contribution in [3.05, 3.63) is 85.1 Å². The summed E-state index contributed by atoms with van der Waals surface area (Å²) >= 11 is 0. The van der Waals surface area contributed by atoms with Crippen molar-refractivity contribution >= 4 is 17.9 Å². The van der Waals surface area contributed by atoms with Crippen molar-refractivity contribution in [1.29, 1.82) is 0 Å².